The van der Waals surface area contributed by atoms with Gasteiger partial charge in [-0.15, -0.1) is 11.3 Å². The van der Waals surface area contributed by atoms with E-state index in [-0.39, 0.29) is 0 Å². The normalized spacial score (nSPS) is 20.8. The fourth-order valence-electron chi connectivity index (χ4n) is 1.72. The standard InChI is InChI=1S/C10H16N2S/c1-6(2)11-10-12-9-7(3)4-5-8(9)13-10/h6-7H,4-5H2,1-3H3,(H,11,12). The van der Waals surface area contributed by atoms with Crippen LogP contribution in [0.15, 0.2) is 0 Å². The molecule has 0 fully saturated rings. The second-order valence-corrected chi connectivity index (χ2v) is 5.15. The van der Waals surface area contributed by atoms with Gasteiger partial charge in [0, 0.05) is 10.9 Å². The Morgan fingerprint density at radius 3 is 2.92 bits per heavy atom. The van der Waals surface area contributed by atoms with Gasteiger partial charge in [-0.3, -0.25) is 0 Å². The van der Waals surface area contributed by atoms with Crippen LogP contribution in [0.3, 0.4) is 0 Å². The van der Waals surface area contributed by atoms with Gasteiger partial charge in [-0.05, 0) is 32.6 Å². The maximum absolute atomic E-state index is 4.62. The molecule has 1 heterocycles. The Morgan fingerprint density at radius 2 is 2.31 bits per heavy atom. The Bertz CT molecular complexity index is 304. The van der Waals surface area contributed by atoms with Crippen LogP contribution in [0.25, 0.3) is 0 Å². The van der Waals surface area contributed by atoms with Crippen molar-refractivity contribution in [3.05, 3.63) is 10.6 Å². The minimum Gasteiger partial charge on any atom is -0.359 e. The van der Waals surface area contributed by atoms with Crippen molar-refractivity contribution in [1.82, 2.24) is 4.98 Å². The lowest BCUT2D eigenvalue weighted by molar-refractivity contribution is 0.730. The fourth-order valence-corrected chi connectivity index (χ4v) is 2.96. The van der Waals surface area contributed by atoms with Crippen molar-refractivity contribution in [2.75, 3.05) is 5.32 Å². The fraction of sp³-hybridized carbons (Fsp3) is 0.700. The van der Waals surface area contributed by atoms with Gasteiger partial charge in [-0.25, -0.2) is 4.98 Å². The average Bonchev–Trinajstić information content (AvgIpc) is 2.53. The van der Waals surface area contributed by atoms with Gasteiger partial charge in [0.15, 0.2) is 5.13 Å². The van der Waals surface area contributed by atoms with Crippen LogP contribution >= 0.6 is 11.3 Å². The molecule has 2 nitrogen and oxygen atoms in total. The third-order valence-corrected chi connectivity index (χ3v) is 3.47. The summed E-state index contributed by atoms with van der Waals surface area (Å²) in [5.41, 5.74) is 1.34. The highest BCUT2D eigenvalue weighted by atomic mass is 32.1. The van der Waals surface area contributed by atoms with Crippen molar-refractivity contribution in [3.63, 3.8) is 0 Å². The first kappa shape index (κ1) is 9.00. The Labute approximate surface area is 83.4 Å². The third kappa shape index (κ3) is 1.70. The number of hydrogen-bond donors (Lipinski definition) is 1. The first-order valence-corrected chi connectivity index (χ1v) is 5.74. The lowest BCUT2D eigenvalue weighted by Gasteiger charge is -2.05. The molecule has 1 aliphatic rings. The summed E-state index contributed by atoms with van der Waals surface area (Å²) in [7, 11) is 0. The zero-order chi connectivity index (χ0) is 9.42. The molecule has 72 valence electrons. The maximum Gasteiger partial charge on any atom is 0.183 e. The summed E-state index contributed by atoms with van der Waals surface area (Å²) in [6.45, 7) is 6.57. The average molecular weight is 196 g/mol. The molecule has 0 aromatic carbocycles. The summed E-state index contributed by atoms with van der Waals surface area (Å²) in [5, 5.41) is 4.47. The second kappa shape index (κ2) is 3.29. The lowest BCUT2D eigenvalue weighted by Crippen LogP contribution is -2.09. The molecule has 0 spiro atoms. The van der Waals surface area contributed by atoms with Crippen LogP contribution in [0.1, 0.15) is 43.7 Å². The number of rotatable bonds is 2. The number of aromatic nitrogens is 1. The van der Waals surface area contributed by atoms with Crippen LogP contribution in [-0.4, -0.2) is 11.0 Å². The first-order chi connectivity index (χ1) is 6.16. The summed E-state index contributed by atoms with van der Waals surface area (Å²) in [6, 6.07) is 0.488. The molecule has 1 aliphatic carbocycles. The summed E-state index contributed by atoms with van der Waals surface area (Å²) in [6.07, 6.45) is 2.52. The van der Waals surface area contributed by atoms with Crippen LogP contribution in [0.4, 0.5) is 5.13 Å². The van der Waals surface area contributed by atoms with Gasteiger partial charge in [0.05, 0.1) is 5.69 Å². The molecular weight excluding hydrogens is 180 g/mol. The van der Waals surface area contributed by atoms with Gasteiger partial charge in [0.2, 0.25) is 0 Å². The molecule has 2 rings (SSSR count). The highest BCUT2D eigenvalue weighted by Crippen LogP contribution is 2.37. The van der Waals surface area contributed by atoms with E-state index in [2.05, 4.69) is 31.1 Å². The topological polar surface area (TPSA) is 24.9 Å². The Balaban J connectivity index is 2.19. The number of fused-ring (bicyclic) bond motifs is 1. The predicted octanol–water partition coefficient (Wildman–Crippen LogP) is 3.01. The minimum absolute atomic E-state index is 0.488. The Kier molecular flexibility index (Phi) is 2.28. The van der Waals surface area contributed by atoms with Crippen LogP contribution < -0.4 is 5.32 Å². The number of anilines is 1. The summed E-state index contributed by atoms with van der Waals surface area (Å²) < 4.78 is 0. The summed E-state index contributed by atoms with van der Waals surface area (Å²) in [4.78, 5) is 6.12. The van der Waals surface area contributed by atoms with Crippen molar-refractivity contribution >= 4 is 16.5 Å². The molecule has 3 heteroatoms. The van der Waals surface area contributed by atoms with E-state index in [9.17, 15) is 0 Å². The molecule has 0 aliphatic heterocycles. The van der Waals surface area contributed by atoms with E-state index in [1.807, 2.05) is 11.3 Å². The molecule has 1 unspecified atom stereocenters. The van der Waals surface area contributed by atoms with E-state index >= 15 is 0 Å². The highest BCUT2D eigenvalue weighted by molar-refractivity contribution is 7.15. The number of nitrogens with zero attached hydrogens (tertiary/aromatic N) is 1. The van der Waals surface area contributed by atoms with Gasteiger partial charge in [0.1, 0.15) is 0 Å². The molecule has 0 bridgehead atoms. The minimum atomic E-state index is 0.488. The van der Waals surface area contributed by atoms with Crippen LogP contribution in [-0.2, 0) is 6.42 Å². The van der Waals surface area contributed by atoms with Gasteiger partial charge in [0.25, 0.3) is 0 Å². The third-order valence-electron chi connectivity index (χ3n) is 2.41. The quantitative estimate of drug-likeness (QED) is 0.786. The molecule has 1 aromatic rings. The van der Waals surface area contributed by atoms with Crippen molar-refractivity contribution in [3.8, 4) is 0 Å². The monoisotopic (exact) mass is 196 g/mol. The van der Waals surface area contributed by atoms with E-state index in [4.69, 9.17) is 0 Å². The summed E-state index contributed by atoms with van der Waals surface area (Å²) in [5.74, 6) is 0.675. The van der Waals surface area contributed by atoms with Crippen molar-refractivity contribution in [2.24, 2.45) is 0 Å². The van der Waals surface area contributed by atoms with Gasteiger partial charge in [-0.1, -0.05) is 6.92 Å². The van der Waals surface area contributed by atoms with Crippen molar-refractivity contribution in [1.29, 1.82) is 0 Å². The van der Waals surface area contributed by atoms with E-state index in [1.54, 1.807) is 0 Å². The number of thiazole rings is 1. The Hall–Kier alpha value is -0.570. The predicted molar refractivity (Wildman–Crippen MR) is 57.6 cm³/mol. The van der Waals surface area contributed by atoms with E-state index in [0.717, 1.165) is 5.13 Å². The number of nitrogens with one attached hydrogen (secondary N) is 1. The molecule has 1 N–H and O–H groups in total. The van der Waals surface area contributed by atoms with Gasteiger partial charge < -0.3 is 5.32 Å². The molecule has 1 atom stereocenters. The zero-order valence-electron chi connectivity index (χ0n) is 8.42. The first-order valence-electron chi connectivity index (χ1n) is 4.93. The van der Waals surface area contributed by atoms with E-state index in [1.165, 1.54) is 23.4 Å². The molecule has 0 amide bonds. The van der Waals surface area contributed by atoms with Gasteiger partial charge in [-0.2, -0.15) is 0 Å². The molecule has 1 aromatic heterocycles. The molecule has 0 saturated carbocycles. The SMILES string of the molecule is CC(C)Nc1nc2c(s1)CCC2C. The van der Waals surface area contributed by atoms with Crippen LogP contribution in [0, 0.1) is 0 Å². The Morgan fingerprint density at radius 1 is 1.54 bits per heavy atom. The number of aryl methyl sites for hydroxylation is 1. The van der Waals surface area contributed by atoms with Crippen LogP contribution in [0.5, 0.6) is 0 Å². The second-order valence-electron chi connectivity index (χ2n) is 4.07. The van der Waals surface area contributed by atoms with Gasteiger partial charge >= 0.3 is 0 Å². The lowest BCUT2D eigenvalue weighted by atomic mass is 10.1. The van der Waals surface area contributed by atoms with E-state index < -0.39 is 0 Å². The number of hydrogen-bond acceptors (Lipinski definition) is 3. The molecule has 0 radical (unpaired) electrons. The van der Waals surface area contributed by atoms with Crippen molar-refractivity contribution in [2.45, 2.75) is 45.6 Å². The van der Waals surface area contributed by atoms with Crippen molar-refractivity contribution < 1.29 is 0 Å². The maximum atomic E-state index is 4.62. The smallest absolute Gasteiger partial charge is 0.183 e. The van der Waals surface area contributed by atoms with E-state index in [0.29, 0.717) is 12.0 Å². The molecule has 0 saturated heterocycles. The largest absolute Gasteiger partial charge is 0.359 e. The zero-order valence-corrected chi connectivity index (χ0v) is 9.24. The van der Waals surface area contributed by atoms with Crippen LogP contribution in [0.2, 0.25) is 0 Å². The molecular formula is C10H16N2S. The summed E-state index contributed by atoms with van der Waals surface area (Å²) >= 11 is 1.83. The molecule has 13 heavy (non-hydrogen) atoms. The highest BCUT2D eigenvalue weighted by Gasteiger charge is 2.23.